The Balaban J connectivity index is 1.79. The smallest absolute Gasteiger partial charge is 0.236 e. The van der Waals surface area contributed by atoms with Gasteiger partial charge in [0.05, 0.1) is 12.5 Å². The maximum Gasteiger partial charge on any atom is 0.236 e. The quantitative estimate of drug-likeness (QED) is 0.831. The van der Waals surface area contributed by atoms with Crippen LogP contribution >= 0.6 is 0 Å². The maximum atomic E-state index is 12.3. The SMILES string of the molecule is CCNC(=O)[C@H]1CCN(C(=O)CN(C)Cc2cccnc2)C1. The first-order chi connectivity index (χ1) is 10.6. The van der Waals surface area contributed by atoms with E-state index in [1.165, 1.54) is 0 Å². The summed E-state index contributed by atoms with van der Waals surface area (Å²) >= 11 is 0. The molecule has 1 aromatic rings. The normalized spacial score (nSPS) is 17.8. The lowest BCUT2D eigenvalue weighted by Crippen LogP contribution is -2.39. The van der Waals surface area contributed by atoms with E-state index in [2.05, 4.69) is 10.3 Å². The molecule has 1 N–H and O–H groups in total. The van der Waals surface area contributed by atoms with Crippen LogP contribution in [0.3, 0.4) is 0 Å². The Hall–Kier alpha value is -1.95. The van der Waals surface area contributed by atoms with Crippen LogP contribution < -0.4 is 5.32 Å². The number of hydrogen-bond donors (Lipinski definition) is 1. The molecule has 1 aliphatic heterocycles. The molecular formula is C16H24N4O2. The van der Waals surface area contributed by atoms with Gasteiger partial charge in [-0.2, -0.15) is 0 Å². The molecule has 1 fully saturated rings. The fraction of sp³-hybridized carbons (Fsp3) is 0.562. The molecule has 0 aliphatic carbocycles. The molecule has 0 spiro atoms. The van der Waals surface area contributed by atoms with Crippen LogP contribution in [0.25, 0.3) is 0 Å². The van der Waals surface area contributed by atoms with Gasteiger partial charge in [0.15, 0.2) is 0 Å². The number of pyridine rings is 1. The molecule has 0 aromatic carbocycles. The van der Waals surface area contributed by atoms with E-state index in [0.29, 0.717) is 32.7 Å². The molecule has 0 radical (unpaired) electrons. The van der Waals surface area contributed by atoms with Crippen molar-refractivity contribution in [1.29, 1.82) is 0 Å². The topological polar surface area (TPSA) is 65.5 Å². The first-order valence-electron chi connectivity index (χ1n) is 7.73. The molecule has 1 saturated heterocycles. The van der Waals surface area contributed by atoms with Gasteiger partial charge >= 0.3 is 0 Å². The van der Waals surface area contributed by atoms with Crippen LogP contribution in [-0.4, -0.2) is 59.8 Å². The second-order valence-electron chi connectivity index (χ2n) is 5.75. The van der Waals surface area contributed by atoms with Gasteiger partial charge in [-0.1, -0.05) is 6.07 Å². The minimum atomic E-state index is -0.0625. The van der Waals surface area contributed by atoms with Crippen molar-refractivity contribution in [3.05, 3.63) is 30.1 Å². The summed E-state index contributed by atoms with van der Waals surface area (Å²) in [7, 11) is 1.92. The Labute approximate surface area is 131 Å². The summed E-state index contributed by atoms with van der Waals surface area (Å²) in [6.45, 7) is 4.79. The zero-order chi connectivity index (χ0) is 15.9. The van der Waals surface area contributed by atoms with Gasteiger partial charge in [0, 0.05) is 38.6 Å². The van der Waals surface area contributed by atoms with E-state index >= 15 is 0 Å². The molecule has 1 atom stereocenters. The monoisotopic (exact) mass is 304 g/mol. The highest BCUT2D eigenvalue weighted by Crippen LogP contribution is 2.16. The minimum absolute atomic E-state index is 0.0570. The average Bonchev–Trinajstić information content (AvgIpc) is 2.98. The summed E-state index contributed by atoms with van der Waals surface area (Å²) < 4.78 is 0. The van der Waals surface area contributed by atoms with Crippen LogP contribution in [0.2, 0.25) is 0 Å². The van der Waals surface area contributed by atoms with Crippen LogP contribution in [0, 0.1) is 5.92 Å². The van der Waals surface area contributed by atoms with Crippen molar-refractivity contribution >= 4 is 11.8 Å². The minimum Gasteiger partial charge on any atom is -0.356 e. The number of carbonyl (C=O) groups is 2. The van der Waals surface area contributed by atoms with Crippen molar-refractivity contribution in [2.24, 2.45) is 5.92 Å². The van der Waals surface area contributed by atoms with Gasteiger partial charge in [-0.25, -0.2) is 0 Å². The third-order valence-corrected chi connectivity index (χ3v) is 3.84. The van der Waals surface area contributed by atoms with Gasteiger partial charge in [-0.3, -0.25) is 19.5 Å². The summed E-state index contributed by atoms with van der Waals surface area (Å²) in [6, 6.07) is 3.89. The van der Waals surface area contributed by atoms with Crippen molar-refractivity contribution in [2.45, 2.75) is 19.9 Å². The number of likely N-dealkylation sites (N-methyl/N-ethyl adjacent to an activating group) is 1. The Bertz CT molecular complexity index is 506. The van der Waals surface area contributed by atoms with Crippen LogP contribution in [-0.2, 0) is 16.1 Å². The number of amides is 2. The van der Waals surface area contributed by atoms with Crippen LogP contribution in [0.1, 0.15) is 18.9 Å². The fourth-order valence-corrected chi connectivity index (χ4v) is 2.71. The van der Waals surface area contributed by atoms with E-state index in [1.54, 1.807) is 11.1 Å². The number of rotatable bonds is 6. The van der Waals surface area contributed by atoms with E-state index < -0.39 is 0 Å². The van der Waals surface area contributed by atoms with E-state index in [4.69, 9.17) is 0 Å². The molecule has 2 heterocycles. The summed E-state index contributed by atoms with van der Waals surface area (Å²) in [5.41, 5.74) is 1.08. The van der Waals surface area contributed by atoms with E-state index in [9.17, 15) is 9.59 Å². The first kappa shape index (κ1) is 16.4. The second kappa shape index (κ2) is 7.89. The zero-order valence-corrected chi connectivity index (χ0v) is 13.3. The summed E-state index contributed by atoms with van der Waals surface area (Å²) in [5.74, 6) is 0.0761. The molecule has 22 heavy (non-hydrogen) atoms. The molecule has 0 saturated carbocycles. The van der Waals surface area contributed by atoms with Gasteiger partial charge in [0.1, 0.15) is 0 Å². The van der Waals surface area contributed by atoms with Crippen molar-refractivity contribution in [3.8, 4) is 0 Å². The van der Waals surface area contributed by atoms with Crippen LogP contribution in [0.5, 0.6) is 0 Å². The van der Waals surface area contributed by atoms with Gasteiger partial charge in [0.2, 0.25) is 11.8 Å². The average molecular weight is 304 g/mol. The van der Waals surface area contributed by atoms with E-state index in [0.717, 1.165) is 12.0 Å². The van der Waals surface area contributed by atoms with Crippen molar-refractivity contribution in [3.63, 3.8) is 0 Å². The highest BCUT2D eigenvalue weighted by atomic mass is 16.2. The molecule has 2 rings (SSSR count). The lowest BCUT2D eigenvalue weighted by molar-refractivity contribution is -0.131. The summed E-state index contributed by atoms with van der Waals surface area (Å²) in [6.07, 6.45) is 4.30. The molecular weight excluding hydrogens is 280 g/mol. The number of hydrogen-bond acceptors (Lipinski definition) is 4. The molecule has 2 amide bonds. The molecule has 1 aliphatic rings. The lowest BCUT2D eigenvalue weighted by atomic mass is 10.1. The van der Waals surface area contributed by atoms with Crippen molar-refractivity contribution in [2.75, 3.05) is 33.2 Å². The molecule has 6 heteroatoms. The van der Waals surface area contributed by atoms with Crippen molar-refractivity contribution in [1.82, 2.24) is 20.1 Å². The summed E-state index contributed by atoms with van der Waals surface area (Å²) in [5, 5.41) is 2.83. The van der Waals surface area contributed by atoms with E-state index in [1.807, 2.05) is 37.2 Å². The first-order valence-corrected chi connectivity index (χ1v) is 7.73. The fourth-order valence-electron chi connectivity index (χ4n) is 2.71. The standard InChI is InChI=1S/C16H24N4O2/c1-3-18-16(22)14-6-8-20(11-14)15(21)12-19(2)10-13-5-4-7-17-9-13/h4-5,7,9,14H,3,6,8,10-12H2,1-2H3,(H,18,22)/t14-/m0/s1. The molecule has 0 bridgehead atoms. The third-order valence-electron chi connectivity index (χ3n) is 3.84. The van der Waals surface area contributed by atoms with Crippen molar-refractivity contribution < 1.29 is 9.59 Å². The number of nitrogens with one attached hydrogen (secondary N) is 1. The highest BCUT2D eigenvalue weighted by Gasteiger charge is 2.30. The van der Waals surface area contributed by atoms with Gasteiger partial charge < -0.3 is 10.2 Å². The number of likely N-dealkylation sites (tertiary alicyclic amines) is 1. The number of carbonyl (C=O) groups excluding carboxylic acids is 2. The largest absolute Gasteiger partial charge is 0.356 e. The molecule has 0 unspecified atom stereocenters. The molecule has 6 nitrogen and oxygen atoms in total. The predicted molar refractivity (Wildman–Crippen MR) is 83.9 cm³/mol. The second-order valence-corrected chi connectivity index (χ2v) is 5.75. The number of aromatic nitrogens is 1. The third kappa shape index (κ3) is 4.53. The van der Waals surface area contributed by atoms with E-state index in [-0.39, 0.29) is 17.7 Å². The Morgan fingerprint density at radius 1 is 1.50 bits per heavy atom. The highest BCUT2D eigenvalue weighted by molar-refractivity contribution is 5.82. The lowest BCUT2D eigenvalue weighted by Gasteiger charge is -2.21. The Kier molecular flexibility index (Phi) is 5.89. The zero-order valence-electron chi connectivity index (χ0n) is 13.3. The van der Waals surface area contributed by atoms with Gasteiger partial charge in [-0.05, 0) is 32.0 Å². The maximum absolute atomic E-state index is 12.3. The van der Waals surface area contributed by atoms with Crippen LogP contribution in [0.4, 0.5) is 0 Å². The number of nitrogens with zero attached hydrogens (tertiary/aromatic N) is 3. The predicted octanol–water partition coefficient (Wildman–Crippen LogP) is 0.498. The molecule has 1 aromatic heterocycles. The van der Waals surface area contributed by atoms with Gasteiger partial charge in [0.25, 0.3) is 0 Å². The summed E-state index contributed by atoms with van der Waals surface area (Å²) in [4.78, 5) is 32.0. The Morgan fingerprint density at radius 3 is 3.00 bits per heavy atom. The molecule has 120 valence electrons. The Morgan fingerprint density at radius 2 is 2.32 bits per heavy atom. The van der Waals surface area contributed by atoms with Crippen LogP contribution in [0.15, 0.2) is 24.5 Å². The van der Waals surface area contributed by atoms with Gasteiger partial charge in [-0.15, -0.1) is 0 Å².